The molecule has 1 aromatic heterocycles. The van der Waals surface area contributed by atoms with Crippen LogP contribution in [-0.4, -0.2) is 65.7 Å². The lowest BCUT2D eigenvalue weighted by atomic mass is 10.1. The Labute approximate surface area is 187 Å². The summed E-state index contributed by atoms with van der Waals surface area (Å²) in [6, 6.07) is 3.26. The van der Waals surface area contributed by atoms with Crippen molar-refractivity contribution in [3.8, 4) is 11.5 Å². The van der Waals surface area contributed by atoms with Gasteiger partial charge in [-0.3, -0.25) is 9.59 Å². The van der Waals surface area contributed by atoms with Crippen molar-refractivity contribution in [2.75, 3.05) is 26.7 Å². The highest BCUT2D eigenvalue weighted by Gasteiger charge is 2.42. The third kappa shape index (κ3) is 5.90. The zero-order valence-corrected chi connectivity index (χ0v) is 18.0. The fourth-order valence-electron chi connectivity index (χ4n) is 3.44. The third-order valence-electron chi connectivity index (χ3n) is 5.05. The highest BCUT2D eigenvalue weighted by molar-refractivity contribution is 6.34. The maximum Gasteiger partial charge on any atom is 0.471 e. The summed E-state index contributed by atoms with van der Waals surface area (Å²) in [7, 11) is 1.46. The number of aromatic nitrogens is 2. The maximum absolute atomic E-state index is 12.9. The van der Waals surface area contributed by atoms with Crippen molar-refractivity contribution in [3.63, 3.8) is 0 Å². The predicted octanol–water partition coefficient (Wildman–Crippen LogP) is 3.12. The van der Waals surface area contributed by atoms with Gasteiger partial charge in [-0.15, -0.1) is 0 Å². The molecule has 2 heterocycles. The molecule has 2 aromatic rings. The minimum Gasteiger partial charge on any atom is -0.493 e. The van der Waals surface area contributed by atoms with Gasteiger partial charge >= 0.3 is 12.1 Å². The van der Waals surface area contributed by atoms with Gasteiger partial charge in [-0.05, 0) is 25.3 Å². The number of hydrogen-bond donors (Lipinski definition) is 1. The molecule has 1 N–H and O–H groups in total. The van der Waals surface area contributed by atoms with Crippen LogP contribution < -0.4 is 14.8 Å². The smallest absolute Gasteiger partial charge is 0.471 e. The molecular weight excluding hydrogens is 453 g/mol. The molecule has 2 amide bonds. The van der Waals surface area contributed by atoms with Crippen molar-refractivity contribution < 1.29 is 32.2 Å². The van der Waals surface area contributed by atoms with Crippen molar-refractivity contribution in [1.29, 1.82) is 0 Å². The van der Waals surface area contributed by atoms with Crippen LogP contribution in [-0.2, 0) is 9.59 Å². The van der Waals surface area contributed by atoms with Gasteiger partial charge in [0, 0.05) is 37.5 Å². The van der Waals surface area contributed by atoms with Gasteiger partial charge in [-0.25, -0.2) is 9.97 Å². The molecule has 0 saturated carbocycles. The second-order valence-electron chi connectivity index (χ2n) is 7.25. The van der Waals surface area contributed by atoms with Crippen molar-refractivity contribution >= 4 is 34.3 Å². The Hall–Kier alpha value is -2.82. The Balaban J connectivity index is 1.80. The van der Waals surface area contributed by atoms with Gasteiger partial charge in [0.25, 0.3) is 0 Å². The minimum absolute atomic E-state index is 0.0524. The zero-order valence-electron chi connectivity index (χ0n) is 17.2. The molecule has 1 aromatic carbocycles. The number of amides is 2. The topological polar surface area (TPSA) is 93.7 Å². The van der Waals surface area contributed by atoms with E-state index in [-0.39, 0.29) is 43.5 Å². The average Bonchev–Trinajstić information content (AvgIpc) is 2.78. The van der Waals surface area contributed by atoms with Crippen LogP contribution >= 0.6 is 11.6 Å². The van der Waals surface area contributed by atoms with Gasteiger partial charge in [0.05, 0.1) is 18.7 Å². The Bertz CT molecular complexity index is 989. The highest BCUT2D eigenvalue weighted by Crippen LogP contribution is 2.35. The number of fused-ring (bicyclic) bond motifs is 1. The van der Waals surface area contributed by atoms with Crippen LogP contribution in [0.4, 0.5) is 13.2 Å². The summed E-state index contributed by atoms with van der Waals surface area (Å²) in [6.07, 6.45) is -3.11. The van der Waals surface area contributed by atoms with Crippen LogP contribution in [0.15, 0.2) is 18.5 Å². The first-order chi connectivity index (χ1) is 15.2. The van der Waals surface area contributed by atoms with Crippen molar-refractivity contribution in [2.24, 2.45) is 0 Å². The lowest BCUT2D eigenvalue weighted by Gasteiger charge is -2.24. The molecule has 174 valence electrons. The second-order valence-corrected chi connectivity index (χ2v) is 7.60. The number of alkyl halides is 3. The monoisotopic (exact) mass is 474 g/mol. The molecular formula is C20H22ClF3N4O4. The standard InChI is InChI=1S/C20H22ClF3N4O4/c1-31-15-10-14-13(18(21)27-11-26-14)9-16(15)32-12-3-2-7-28(19(30)20(22,23)24)8-6-25-17(29)5-4-12/h9-12H,2-8H2,1H3,(H,25,29)/t12-/m0/s1. The Morgan fingerprint density at radius 1 is 1.22 bits per heavy atom. The van der Waals surface area contributed by atoms with Crippen molar-refractivity contribution in [2.45, 2.75) is 38.0 Å². The third-order valence-corrected chi connectivity index (χ3v) is 5.35. The number of halogens is 4. The summed E-state index contributed by atoms with van der Waals surface area (Å²) in [5.41, 5.74) is 0.553. The predicted molar refractivity (Wildman–Crippen MR) is 110 cm³/mol. The summed E-state index contributed by atoms with van der Waals surface area (Å²) >= 11 is 6.14. The first-order valence-electron chi connectivity index (χ1n) is 9.96. The number of carbonyl (C=O) groups excluding carboxylic acids is 2. The lowest BCUT2D eigenvalue weighted by molar-refractivity contribution is -0.185. The molecule has 32 heavy (non-hydrogen) atoms. The van der Waals surface area contributed by atoms with E-state index in [1.807, 2.05) is 0 Å². The summed E-state index contributed by atoms with van der Waals surface area (Å²) < 4.78 is 50.1. The number of nitrogens with one attached hydrogen (secondary N) is 1. The van der Waals surface area contributed by atoms with Crippen LogP contribution in [0, 0.1) is 0 Å². The van der Waals surface area contributed by atoms with E-state index in [4.69, 9.17) is 21.1 Å². The van der Waals surface area contributed by atoms with E-state index >= 15 is 0 Å². The Morgan fingerprint density at radius 2 is 2.00 bits per heavy atom. The normalized spacial score (nSPS) is 18.6. The van der Waals surface area contributed by atoms with E-state index in [9.17, 15) is 22.8 Å². The quantitative estimate of drug-likeness (QED) is 0.687. The molecule has 0 spiro atoms. The van der Waals surface area contributed by atoms with Crippen molar-refractivity contribution in [1.82, 2.24) is 20.2 Å². The van der Waals surface area contributed by atoms with Gasteiger partial charge < -0.3 is 19.7 Å². The van der Waals surface area contributed by atoms with E-state index < -0.39 is 18.2 Å². The van der Waals surface area contributed by atoms with Gasteiger partial charge in [-0.2, -0.15) is 13.2 Å². The Kier molecular flexibility index (Phi) is 7.60. The number of rotatable bonds is 3. The number of benzene rings is 1. The Morgan fingerprint density at radius 3 is 2.72 bits per heavy atom. The molecule has 0 radical (unpaired) electrons. The molecule has 1 atom stereocenters. The second kappa shape index (κ2) is 10.2. The number of carbonyl (C=O) groups is 2. The summed E-state index contributed by atoms with van der Waals surface area (Å²) in [5, 5.41) is 3.31. The van der Waals surface area contributed by atoms with E-state index in [2.05, 4.69) is 15.3 Å². The molecule has 0 bridgehead atoms. The maximum atomic E-state index is 12.9. The minimum atomic E-state index is -4.97. The lowest BCUT2D eigenvalue weighted by Crippen LogP contribution is -2.45. The van der Waals surface area contributed by atoms with E-state index in [0.717, 1.165) is 0 Å². The van der Waals surface area contributed by atoms with Gasteiger partial charge in [0.1, 0.15) is 11.5 Å². The molecule has 0 aliphatic carbocycles. The van der Waals surface area contributed by atoms with E-state index in [0.29, 0.717) is 40.1 Å². The average molecular weight is 475 g/mol. The number of ether oxygens (including phenoxy) is 2. The zero-order chi connectivity index (χ0) is 23.3. The number of hydrogen-bond acceptors (Lipinski definition) is 6. The van der Waals surface area contributed by atoms with Crippen LogP contribution in [0.25, 0.3) is 10.9 Å². The van der Waals surface area contributed by atoms with Gasteiger partial charge in [0.2, 0.25) is 5.91 Å². The molecule has 1 fully saturated rings. The van der Waals surface area contributed by atoms with E-state index in [1.165, 1.54) is 13.4 Å². The highest BCUT2D eigenvalue weighted by atomic mass is 35.5. The van der Waals surface area contributed by atoms with Gasteiger partial charge in [0.15, 0.2) is 11.5 Å². The molecule has 3 rings (SSSR count). The molecule has 1 aliphatic heterocycles. The molecule has 1 saturated heterocycles. The molecule has 1 aliphatic rings. The molecule has 12 heteroatoms. The molecule has 0 unspecified atom stereocenters. The fraction of sp³-hybridized carbons (Fsp3) is 0.500. The number of methoxy groups -OCH3 is 1. The van der Waals surface area contributed by atoms with Crippen LogP contribution in [0.5, 0.6) is 11.5 Å². The van der Waals surface area contributed by atoms with Crippen molar-refractivity contribution in [3.05, 3.63) is 23.6 Å². The van der Waals surface area contributed by atoms with Crippen LogP contribution in [0.1, 0.15) is 25.7 Å². The summed E-state index contributed by atoms with van der Waals surface area (Å²) in [6.45, 7) is -0.377. The number of nitrogens with zero attached hydrogens (tertiary/aromatic N) is 3. The van der Waals surface area contributed by atoms with E-state index in [1.54, 1.807) is 12.1 Å². The first kappa shape index (κ1) is 23.8. The largest absolute Gasteiger partial charge is 0.493 e. The van der Waals surface area contributed by atoms with Gasteiger partial charge in [-0.1, -0.05) is 11.6 Å². The van der Waals surface area contributed by atoms with Crippen LogP contribution in [0.2, 0.25) is 5.15 Å². The SMILES string of the molecule is COc1cc2ncnc(Cl)c2cc1O[C@H]1CCCN(C(=O)C(F)(F)F)CCNC(=O)CC1. The summed E-state index contributed by atoms with van der Waals surface area (Å²) in [5.74, 6) is -1.52. The fourth-order valence-corrected chi connectivity index (χ4v) is 3.64. The van der Waals surface area contributed by atoms with Crippen LogP contribution in [0.3, 0.4) is 0 Å². The first-order valence-corrected chi connectivity index (χ1v) is 10.3. The molecule has 8 nitrogen and oxygen atoms in total. The summed E-state index contributed by atoms with van der Waals surface area (Å²) in [4.78, 5) is 32.5.